The van der Waals surface area contributed by atoms with Gasteiger partial charge in [-0.2, -0.15) is 5.10 Å². The molecular formula is C13H15FN4S2. The van der Waals surface area contributed by atoms with E-state index in [1.807, 2.05) is 13.8 Å². The van der Waals surface area contributed by atoms with Crippen molar-refractivity contribution < 1.29 is 4.39 Å². The van der Waals surface area contributed by atoms with E-state index >= 15 is 0 Å². The monoisotopic (exact) mass is 310 g/mol. The zero-order valence-electron chi connectivity index (χ0n) is 11.3. The molecule has 0 spiro atoms. The molecule has 1 aromatic carbocycles. The maximum Gasteiger partial charge on any atom is 0.124 e. The number of thiazole rings is 1. The summed E-state index contributed by atoms with van der Waals surface area (Å²) in [5.74, 6) is 0.423. The highest BCUT2D eigenvalue weighted by Crippen LogP contribution is 2.26. The summed E-state index contributed by atoms with van der Waals surface area (Å²) < 4.78 is 14.0. The first-order valence-electron chi connectivity index (χ1n) is 6.04. The van der Waals surface area contributed by atoms with Crippen molar-refractivity contribution in [3.05, 3.63) is 29.0 Å². The minimum absolute atomic E-state index is 0.239. The number of aromatic nitrogens is 1. The number of nitrogens with zero attached hydrogens (tertiary/aromatic N) is 3. The van der Waals surface area contributed by atoms with E-state index in [9.17, 15) is 4.39 Å². The molecule has 2 rings (SSSR count). The molecule has 0 bridgehead atoms. The summed E-state index contributed by atoms with van der Waals surface area (Å²) in [6.45, 7) is 4.11. The maximum atomic E-state index is 13.1. The zero-order chi connectivity index (χ0) is 14.5. The normalized spacial score (nSPS) is 11.9. The van der Waals surface area contributed by atoms with Gasteiger partial charge >= 0.3 is 0 Å². The Bertz CT molecular complexity index is 659. The minimum atomic E-state index is -0.239. The molecule has 0 aliphatic carbocycles. The molecule has 0 aliphatic rings. The molecule has 0 unspecified atom stereocenters. The molecule has 1 aromatic heterocycles. The van der Waals surface area contributed by atoms with Crippen LogP contribution in [-0.2, 0) is 5.75 Å². The van der Waals surface area contributed by atoms with Crippen molar-refractivity contribution in [2.45, 2.75) is 19.6 Å². The van der Waals surface area contributed by atoms with Gasteiger partial charge in [-0.3, -0.25) is 0 Å². The van der Waals surface area contributed by atoms with Gasteiger partial charge in [0.1, 0.15) is 15.9 Å². The molecule has 2 aromatic rings. The Morgan fingerprint density at radius 3 is 2.90 bits per heavy atom. The highest BCUT2D eigenvalue weighted by Gasteiger charge is 2.07. The van der Waals surface area contributed by atoms with Gasteiger partial charge in [0.2, 0.25) is 0 Å². The lowest BCUT2D eigenvalue weighted by Crippen LogP contribution is -2.10. The Morgan fingerprint density at radius 1 is 1.40 bits per heavy atom. The summed E-state index contributed by atoms with van der Waals surface area (Å²) in [6.07, 6.45) is 0. The number of benzene rings is 1. The van der Waals surface area contributed by atoms with Gasteiger partial charge in [0, 0.05) is 12.3 Å². The van der Waals surface area contributed by atoms with Crippen LogP contribution in [-0.4, -0.2) is 22.3 Å². The van der Waals surface area contributed by atoms with Crippen LogP contribution >= 0.6 is 23.1 Å². The SMILES string of the molecule is CC(C)=N/N=C(\CN)SCc1nc2ccc(F)cc2s1. The van der Waals surface area contributed by atoms with E-state index in [4.69, 9.17) is 5.73 Å². The van der Waals surface area contributed by atoms with Crippen LogP contribution in [0.2, 0.25) is 0 Å². The summed E-state index contributed by atoms with van der Waals surface area (Å²) in [4.78, 5) is 4.45. The average Bonchev–Trinajstić information content (AvgIpc) is 2.80. The molecule has 2 N–H and O–H groups in total. The molecule has 0 atom stereocenters. The second-order valence-corrected chi connectivity index (χ2v) is 6.42. The fraction of sp³-hybridized carbons (Fsp3) is 0.308. The van der Waals surface area contributed by atoms with Crippen molar-refractivity contribution in [1.82, 2.24) is 4.98 Å². The van der Waals surface area contributed by atoms with E-state index in [0.717, 1.165) is 26.0 Å². The van der Waals surface area contributed by atoms with Gasteiger partial charge in [0.05, 0.1) is 16.0 Å². The zero-order valence-corrected chi connectivity index (χ0v) is 12.9. The second kappa shape index (κ2) is 6.92. The van der Waals surface area contributed by atoms with Crippen molar-refractivity contribution in [1.29, 1.82) is 0 Å². The summed E-state index contributed by atoms with van der Waals surface area (Å²) in [5, 5.41) is 9.77. The van der Waals surface area contributed by atoms with Gasteiger partial charge in [-0.15, -0.1) is 28.2 Å². The van der Waals surface area contributed by atoms with Gasteiger partial charge in [0.25, 0.3) is 0 Å². The summed E-state index contributed by atoms with van der Waals surface area (Å²) >= 11 is 2.99. The van der Waals surface area contributed by atoms with Crippen molar-refractivity contribution in [3.8, 4) is 0 Å². The Balaban J connectivity index is 2.08. The van der Waals surface area contributed by atoms with E-state index in [1.54, 1.807) is 6.07 Å². The molecule has 20 heavy (non-hydrogen) atoms. The van der Waals surface area contributed by atoms with Crippen LogP contribution in [0.1, 0.15) is 18.9 Å². The fourth-order valence-electron chi connectivity index (χ4n) is 1.44. The second-order valence-electron chi connectivity index (χ2n) is 4.25. The lowest BCUT2D eigenvalue weighted by molar-refractivity contribution is 0.630. The molecule has 0 saturated heterocycles. The molecule has 0 fully saturated rings. The number of hydrogen-bond donors (Lipinski definition) is 1. The third-order valence-electron chi connectivity index (χ3n) is 2.29. The highest BCUT2D eigenvalue weighted by atomic mass is 32.2. The Morgan fingerprint density at radius 2 is 2.20 bits per heavy atom. The first kappa shape index (κ1) is 15.1. The lowest BCUT2D eigenvalue weighted by Gasteiger charge is -1.99. The van der Waals surface area contributed by atoms with Gasteiger partial charge in [-0.1, -0.05) is 0 Å². The standard InChI is InChI=1S/C13H15FN4S2/c1-8(2)17-18-12(6-15)19-7-13-16-10-4-3-9(14)5-11(10)20-13/h3-5H,6-7,15H2,1-2H3/b18-12+. The molecule has 7 heteroatoms. The molecule has 0 amide bonds. The number of nitrogens with two attached hydrogens (primary N) is 1. The summed E-state index contributed by atoms with van der Waals surface area (Å²) in [5.41, 5.74) is 7.33. The topological polar surface area (TPSA) is 63.6 Å². The predicted octanol–water partition coefficient (Wildman–Crippen LogP) is 3.42. The van der Waals surface area contributed by atoms with Crippen LogP contribution in [0.15, 0.2) is 28.4 Å². The first-order chi connectivity index (χ1) is 9.58. The van der Waals surface area contributed by atoms with E-state index < -0.39 is 0 Å². The molecular weight excluding hydrogens is 295 g/mol. The fourth-order valence-corrected chi connectivity index (χ4v) is 3.21. The predicted molar refractivity (Wildman–Crippen MR) is 86.1 cm³/mol. The van der Waals surface area contributed by atoms with Crippen molar-refractivity contribution in [2.75, 3.05) is 6.54 Å². The van der Waals surface area contributed by atoms with Crippen LogP contribution < -0.4 is 5.73 Å². The molecule has 0 saturated carbocycles. The van der Waals surface area contributed by atoms with Gasteiger partial charge in [-0.05, 0) is 32.0 Å². The van der Waals surface area contributed by atoms with Gasteiger partial charge in [-0.25, -0.2) is 9.37 Å². The molecule has 0 aliphatic heterocycles. The molecule has 106 valence electrons. The molecule has 0 radical (unpaired) electrons. The number of hydrogen-bond acceptors (Lipinski definition) is 6. The quantitative estimate of drug-likeness (QED) is 0.534. The average molecular weight is 310 g/mol. The maximum absolute atomic E-state index is 13.1. The Kier molecular flexibility index (Phi) is 5.22. The van der Waals surface area contributed by atoms with Crippen molar-refractivity contribution >= 4 is 44.1 Å². The molecule has 4 nitrogen and oxygen atoms in total. The van der Waals surface area contributed by atoms with Crippen LogP contribution in [0.4, 0.5) is 4.39 Å². The van der Waals surface area contributed by atoms with Crippen LogP contribution in [0.3, 0.4) is 0 Å². The number of fused-ring (bicyclic) bond motifs is 1. The third kappa shape index (κ3) is 4.09. The Labute approximate surface area is 125 Å². The number of thioether (sulfide) groups is 1. The summed E-state index contributed by atoms with van der Waals surface area (Å²) in [7, 11) is 0. The van der Waals surface area contributed by atoms with Gasteiger partial charge < -0.3 is 5.73 Å². The van der Waals surface area contributed by atoms with E-state index in [0.29, 0.717) is 12.3 Å². The lowest BCUT2D eigenvalue weighted by atomic mass is 10.3. The molecule has 1 heterocycles. The third-order valence-corrected chi connectivity index (χ3v) is 4.49. The number of rotatable bonds is 4. The van der Waals surface area contributed by atoms with E-state index in [2.05, 4.69) is 15.2 Å². The van der Waals surface area contributed by atoms with Gasteiger partial charge in [0.15, 0.2) is 0 Å². The van der Waals surface area contributed by atoms with Crippen molar-refractivity contribution in [3.63, 3.8) is 0 Å². The first-order valence-corrected chi connectivity index (χ1v) is 7.84. The highest BCUT2D eigenvalue weighted by molar-refractivity contribution is 8.13. The van der Waals surface area contributed by atoms with Crippen LogP contribution in [0.25, 0.3) is 10.2 Å². The number of halogens is 1. The van der Waals surface area contributed by atoms with Crippen molar-refractivity contribution in [2.24, 2.45) is 15.9 Å². The van der Waals surface area contributed by atoms with Crippen LogP contribution in [0.5, 0.6) is 0 Å². The van der Waals surface area contributed by atoms with E-state index in [1.165, 1.54) is 35.2 Å². The Hall–Kier alpha value is -1.31. The smallest absolute Gasteiger partial charge is 0.124 e. The minimum Gasteiger partial charge on any atom is -0.325 e. The van der Waals surface area contributed by atoms with Crippen LogP contribution in [0, 0.1) is 5.82 Å². The van der Waals surface area contributed by atoms with E-state index in [-0.39, 0.29) is 5.82 Å². The summed E-state index contributed by atoms with van der Waals surface area (Å²) in [6, 6.07) is 4.62. The largest absolute Gasteiger partial charge is 0.325 e.